The quantitative estimate of drug-likeness (QED) is 0.746. The Balaban J connectivity index is 2.73. The molecule has 0 saturated heterocycles. The lowest BCUT2D eigenvalue weighted by atomic mass is 10.1. The number of nitrogens with one attached hydrogen (secondary N) is 1. The largest absolute Gasteiger partial charge is 0.496 e. The molecule has 0 aliphatic carbocycles. The lowest BCUT2D eigenvalue weighted by Crippen LogP contribution is -2.23. The van der Waals surface area contributed by atoms with Crippen LogP contribution in [0.4, 0.5) is 0 Å². The van der Waals surface area contributed by atoms with Crippen molar-refractivity contribution >= 4 is 0 Å². The van der Waals surface area contributed by atoms with Gasteiger partial charge in [-0.05, 0) is 19.9 Å². The van der Waals surface area contributed by atoms with Crippen LogP contribution in [-0.4, -0.2) is 13.2 Å². The van der Waals surface area contributed by atoms with E-state index in [2.05, 4.69) is 37.9 Å². The minimum Gasteiger partial charge on any atom is -0.496 e. The zero-order valence-corrected chi connectivity index (χ0v) is 9.71. The number of aryl methyl sites for hydroxylation is 1. The average Bonchev–Trinajstić information content (AvgIpc) is 2.26. The minimum absolute atomic E-state index is 0.315. The molecule has 2 heteroatoms. The molecule has 1 unspecified atom stereocenters. The van der Waals surface area contributed by atoms with Crippen molar-refractivity contribution in [2.45, 2.75) is 26.4 Å². The number of methoxy groups -OCH3 is 1. The Labute approximate surface area is 92.0 Å². The third-order valence-corrected chi connectivity index (χ3v) is 2.40. The number of hydrogen-bond donors (Lipinski definition) is 1. The van der Waals surface area contributed by atoms with Gasteiger partial charge in [-0.1, -0.05) is 23.8 Å². The fourth-order valence-electron chi connectivity index (χ4n) is 1.40. The van der Waals surface area contributed by atoms with Crippen molar-refractivity contribution in [3.05, 3.63) is 42.0 Å². The molecule has 15 heavy (non-hydrogen) atoms. The van der Waals surface area contributed by atoms with Gasteiger partial charge in [0.05, 0.1) is 7.11 Å². The number of ether oxygens (including phenoxy) is 1. The molecule has 0 saturated carbocycles. The second-order valence-corrected chi connectivity index (χ2v) is 3.72. The Hall–Kier alpha value is -1.28. The summed E-state index contributed by atoms with van der Waals surface area (Å²) in [6, 6.07) is 6.52. The van der Waals surface area contributed by atoms with E-state index in [1.54, 1.807) is 7.11 Å². The molecule has 0 aromatic heterocycles. The minimum atomic E-state index is 0.315. The van der Waals surface area contributed by atoms with Crippen molar-refractivity contribution < 1.29 is 4.74 Å². The maximum absolute atomic E-state index is 5.30. The second kappa shape index (κ2) is 5.56. The van der Waals surface area contributed by atoms with Crippen LogP contribution >= 0.6 is 0 Å². The van der Waals surface area contributed by atoms with Gasteiger partial charge in [-0.3, -0.25) is 0 Å². The first kappa shape index (κ1) is 11.8. The van der Waals surface area contributed by atoms with Crippen LogP contribution < -0.4 is 10.1 Å². The van der Waals surface area contributed by atoms with Crippen LogP contribution in [0, 0.1) is 6.92 Å². The fourth-order valence-corrected chi connectivity index (χ4v) is 1.40. The SMILES string of the molecule is C=CC(C)NCc1cc(C)ccc1OC. The molecular formula is C13H19NO. The molecule has 2 nitrogen and oxygen atoms in total. The lowest BCUT2D eigenvalue weighted by Gasteiger charge is -2.12. The Morgan fingerprint density at radius 1 is 1.53 bits per heavy atom. The first-order chi connectivity index (χ1) is 7.17. The van der Waals surface area contributed by atoms with Crippen molar-refractivity contribution in [2.24, 2.45) is 0 Å². The number of rotatable bonds is 5. The molecule has 1 atom stereocenters. The number of hydrogen-bond acceptors (Lipinski definition) is 2. The van der Waals surface area contributed by atoms with Gasteiger partial charge in [-0.2, -0.15) is 0 Å². The molecule has 1 N–H and O–H groups in total. The molecule has 1 aromatic rings. The van der Waals surface area contributed by atoms with Gasteiger partial charge in [0.15, 0.2) is 0 Å². The van der Waals surface area contributed by atoms with Gasteiger partial charge < -0.3 is 10.1 Å². The van der Waals surface area contributed by atoms with E-state index in [1.165, 1.54) is 11.1 Å². The maximum Gasteiger partial charge on any atom is 0.123 e. The van der Waals surface area contributed by atoms with Crippen LogP contribution in [0.1, 0.15) is 18.1 Å². The van der Waals surface area contributed by atoms with Gasteiger partial charge in [-0.15, -0.1) is 6.58 Å². The van der Waals surface area contributed by atoms with Crippen LogP contribution in [0.2, 0.25) is 0 Å². The van der Waals surface area contributed by atoms with Gasteiger partial charge in [0.25, 0.3) is 0 Å². The molecule has 1 rings (SSSR count). The van der Waals surface area contributed by atoms with Crippen molar-refractivity contribution in [3.63, 3.8) is 0 Å². The molecule has 0 aliphatic rings. The maximum atomic E-state index is 5.30. The molecule has 0 fully saturated rings. The summed E-state index contributed by atoms with van der Waals surface area (Å²) in [7, 11) is 1.70. The molecule has 0 spiro atoms. The molecule has 0 amide bonds. The monoisotopic (exact) mass is 205 g/mol. The molecule has 0 bridgehead atoms. The van der Waals surface area contributed by atoms with Gasteiger partial charge in [0.2, 0.25) is 0 Å². The Morgan fingerprint density at radius 3 is 2.87 bits per heavy atom. The summed E-state index contributed by atoms with van der Waals surface area (Å²) in [4.78, 5) is 0. The number of benzene rings is 1. The summed E-state index contributed by atoms with van der Waals surface area (Å²) in [6.07, 6.45) is 1.89. The molecule has 1 aromatic carbocycles. The highest BCUT2D eigenvalue weighted by atomic mass is 16.5. The van der Waals surface area contributed by atoms with Crippen LogP contribution in [0.25, 0.3) is 0 Å². The van der Waals surface area contributed by atoms with Crippen molar-refractivity contribution in [3.8, 4) is 5.75 Å². The van der Waals surface area contributed by atoms with E-state index in [9.17, 15) is 0 Å². The molecule has 0 heterocycles. The normalized spacial score (nSPS) is 12.2. The highest BCUT2D eigenvalue weighted by Crippen LogP contribution is 2.19. The zero-order chi connectivity index (χ0) is 11.3. The van der Waals surface area contributed by atoms with Crippen LogP contribution in [-0.2, 0) is 6.54 Å². The summed E-state index contributed by atoms with van der Waals surface area (Å²) in [6.45, 7) is 8.70. The summed E-state index contributed by atoms with van der Waals surface area (Å²) in [5, 5.41) is 3.35. The highest BCUT2D eigenvalue weighted by Gasteiger charge is 2.03. The molecule has 0 aliphatic heterocycles. The van der Waals surface area contributed by atoms with Crippen LogP contribution in [0.15, 0.2) is 30.9 Å². The highest BCUT2D eigenvalue weighted by molar-refractivity contribution is 5.36. The predicted octanol–water partition coefficient (Wildman–Crippen LogP) is 2.67. The van der Waals surface area contributed by atoms with Gasteiger partial charge >= 0.3 is 0 Å². The van der Waals surface area contributed by atoms with Gasteiger partial charge in [0.1, 0.15) is 5.75 Å². The average molecular weight is 205 g/mol. The van der Waals surface area contributed by atoms with E-state index in [0.717, 1.165) is 12.3 Å². The molecular weight excluding hydrogens is 186 g/mol. The fraction of sp³-hybridized carbons (Fsp3) is 0.385. The van der Waals surface area contributed by atoms with E-state index in [4.69, 9.17) is 4.74 Å². The van der Waals surface area contributed by atoms with E-state index < -0.39 is 0 Å². The van der Waals surface area contributed by atoms with Crippen molar-refractivity contribution in [1.82, 2.24) is 5.32 Å². The van der Waals surface area contributed by atoms with Gasteiger partial charge in [0, 0.05) is 18.2 Å². The lowest BCUT2D eigenvalue weighted by molar-refractivity contribution is 0.407. The van der Waals surface area contributed by atoms with E-state index >= 15 is 0 Å². The third-order valence-electron chi connectivity index (χ3n) is 2.40. The summed E-state index contributed by atoms with van der Waals surface area (Å²) in [5.74, 6) is 0.935. The zero-order valence-electron chi connectivity index (χ0n) is 9.71. The smallest absolute Gasteiger partial charge is 0.123 e. The van der Waals surface area contributed by atoms with E-state index in [1.807, 2.05) is 12.1 Å². The molecule has 0 radical (unpaired) electrons. The third kappa shape index (κ3) is 3.40. The summed E-state index contributed by atoms with van der Waals surface area (Å²) >= 11 is 0. The van der Waals surface area contributed by atoms with Crippen molar-refractivity contribution in [1.29, 1.82) is 0 Å². The standard InChI is InChI=1S/C13H19NO/c1-5-11(3)14-9-12-8-10(2)6-7-13(12)15-4/h5-8,11,14H,1,9H2,2-4H3. The summed E-state index contributed by atoms with van der Waals surface area (Å²) in [5.41, 5.74) is 2.44. The predicted molar refractivity (Wildman–Crippen MR) is 64.2 cm³/mol. The first-order valence-electron chi connectivity index (χ1n) is 5.17. The Morgan fingerprint density at radius 2 is 2.27 bits per heavy atom. The Bertz CT molecular complexity index is 333. The van der Waals surface area contributed by atoms with E-state index in [-0.39, 0.29) is 0 Å². The van der Waals surface area contributed by atoms with Crippen molar-refractivity contribution in [2.75, 3.05) is 7.11 Å². The van der Waals surface area contributed by atoms with Gasteiger partial charge in [-0.25, -0.2) is 0 Å². The van der Waals surface area contributed by atoms with E-state index in [0.29, 0.717) is 6.04 Å². The van der Waals surface area contributed by atoms with Crippen LogP contribution in [0.3, 0.4) is 0 Å². The summed E-state index contributed by atoms with van der Waals surface area (Å²) < 4.78 is 5.30. The molecule has 82 valence electrons. The van der Waals surface area contributed by atoms with Crippen LogP contribution in [0.5, 0.6) is 5.75 Å². The second-order valence-electron chi connectivity index (χ2n) is 3.72. The Kier molecular flexibility index (Phi) is 4.37. The topological polar surface area (TPSA) is 21.3 Å². The first-order valence-corrected chi connectivity index (χ1v) is 5.17.